The third-order valence-corrected chi connectivity index (χ3v) is 3.51. The molecule has 0 aliphatic carbocycles. The summed E-state index contributed by atoms with van der Waals surface area (Å²) in [6.45, 7) is 5.47. The number of carbonyl (C=O) groups excluding carboxylic acids is 1. The van der Waals surface area contributed by atoms with E-state index in [1.165, 1.54) is 0 Å². The van der Waals surface area contributed by atoms with Crippen molar-refractivity contribution in [2.45, 2.75) is 26.8 Å². The van der Waals surface area contributed by atoms with Gasteiger partial charge in [-0.1, -0.05) is 32.0 Å². The number of nitrogens with two attached hydrogens (primary N) is 1. The Kier molecular flexibility index (Phi) is 8.30. The third-order valence-electron chi connectivity index (χ3n) is 3.51. The van der Waals surface area contributed by atoms with Crippen LogP contribution >= 0.6 is 12.4 Å². The maximum Gasteiger partial charge on any atom is 0.255 e. The van der Waals surface area contributed by atoms with E-state index >= 15 is 0 Å². The van der Waals surface area contributed by atoms with Gasteiger partial charge in [0.05, 0.1) is 6.61 Å². The van der Waals surface area contributed by atoms with Crippen molar-refractivity contribution in [1.29, 1.82) is 0 Å². The maximum atomic E-state index is 12.2. The first kappa shape index (κ1) is 20.0. The standard InChI is InChI=1S/C19H24N2O2.ClH/c1-14(2)10-11-23-18-5-3-4-17(12-18)21-19(22)16-8-6-15(13-20)7-9-16;/h3-9,12,14H,10-11,13,20H2,1-2H3,(H,21,22);1H. The summed E-state index contributed by atoms with van der Waals surface area (Å²) in [6.07, 6.45) is 1.00. The van der Waals surface area contributed by atoms with Crippen molar-refractivity contribution in [3.05, 3.63) is 59.7 Å². The van der Waals surface area contributed by atoms with Crippen LogP contribution in [0.4, 0.5) is 5.69 Å². The molecular weight excluding hydrogens is 324 g/mol. The van der Waals surface area contributed by atoms with Crippen LogP contribution in [0.5, 0.6) is 5.75 Å². The highest BCUT2D eigenvalue weighted by molar-refractivity contribution is 6.04. The molecule has 0 aliphatic heterocycles. The van der Waals surface area contributed by atoms with Gasteiger partial charge < -0.3 is 15.8 Å². The van der Waals surface area contributed by atoms with Crippen LogP contribution in [0.1, 0.15) is 36.2 Å². The predicted octanol–water partition coefficient (Wildman–Crippen LogP) is 4.24. The Labute approximate surface area is 149 Å². The molecule has 0 heterocycles. The summed E-state index contributed by atoms with van der Waals surface area (Å²) < 4.78 is 5.71. The molecule has 0 radical (unpaired) electrons. The lowest BCUT2D eigenvalue weighted by atomic mass is 10.1. The van der Waals surface area contributed by atoms with Crippen molar-refractivity contribution in [3.63, 3.8) is 0 Å². The monoisotopic (exact) mass is 348 g/mol. The second-order valence-corrected chi connectivity index (χ2v) is 5.91. The van der Waals surface area contributed by atoms with Crippen LogP contribution in [-0.2, 0) is 6.54 Å². The number of amides is 1. The number of hydrogen-bond acceptors (Lipinski definition) is 3. The fourth-order valence-corrected chi connectivity index (χ4v) is 2.07. The minimum atomic E-state index is -0.145. The molecule has 0 bridgehead atoms. The molecule has 5 heteroatoms. The first-order valence-electron chi connectivity index (χ1n) is 7.91. The van der Waals surface area contributed by atoms with Gasteiger partial charge in [0.2, 0.25) is 0 Å². The van der Waals surface area contributed by atoms with E-state index in [0.29, 0.717) is 24.6 Å². The van der Waals surface area contributed by atoms with Crippen molar-refractivity contribution < 1.29 is 9.53 Å². The zero-order valence-corrected chi connectivity index (χ0v) is 14.9. The number of anilines is 1. The van der Waals surface area contributed by atoms with Gasteiger partial charge >= 0.3 is 0 Å². The molecule has 0 unspecified atom stereocenters. The highest BCUT2D eigenvalue weighted by Crippen LogP contribution is 2.19. The lowest BCUT2D eigenvalue weighted by Crippen LogP contribution is -2.12. The van der Waals surface area contributed by atoms with Gasteiger partial charge in [-0.2, -0.15) is 0 Å². The number of hydrogen-bond donors (Lipinski definition) is 2. The average Bonchev–Trinajstić information content (AvgIpc) is 2.55. The molecule has 2 rings (SSSR count). The Balaban J connectivity index is 0.00000288. The van der Waals surface area contributed by atoms with Crippen molar-refractivity contribution in [2.24, 2.45) is 11.7 Å². The van der Waals surface area contributed by atoms with E-state index in [1.807, 2.05) is 36.4 Å². The number of carbonyl (C=O) groups is 1. The molecular formula is C19H25ClN2O2. The third kappa shape index (κ3) is 6.22. The van der Waals surface area contributed by atoms with Crippen molar-refractivity contribution in [3.8, 4) is 5.75 Å². The lowest BCUT2D eigenvalue weighted by molar-refractivity contribution is 0.102. The zero-order valence-electron chi connectivity index (χ0n) is 14.1. The molecule has 3 N–H and O–H groups in total. The molecule has 0 spiro atoms. The molecule has 0 saturated heterocycles. The molecule has 24 heavy (non-hydrogen) atoms. The number of rotatable bonds is 7. The van der Waals surface area contributed by atoms with Gasteiger partial charge in [-0.3, -0.25) is 4.79 Å². The molecule has 4 nitrogen and oxygen atoms in total. The molecule has 0 saturated carbocycles. The Morgan fingerprint density at radius 1 is 1.17 bits per heavy atom. The molecule has 0 atom stereocenters. The molecule has 2 aromatic carbocycles. The normalized spacial score (nSPS) is 10.2. The molecule has 0 aromatic heterocycles. The second-order valence-electron chi connectivity index (χ2n) is 5.91. The van der Waals surface area contributed by atoms with Gasteiger partial charge in [0, 0.05) is 23.9 Å². The lowest BCUT2D eigenvalue weighted by Gasteiger charge is -2.10. The summed E-state index contributed by atoms with van der Waals surface area (Å²) >= 11 is 0. The van der Waals surface area contributed by atoms with Crippen LogP contribution in [0, 0.1) is 5.92 Å². The fraction of sp³-hybridized carbons (Fsp3) is 0.316. The molecule has 0 fully saturated rings. The summed E-state index contributed by atoms with van der Waals surface area (Å²) in [5, 5.41) is 2.89. The van der Waals surface area contributed by atoms with Gasteiger partial charge in [0.25, 0.3) is 5.91 Å². The maximum absolute atomic E-state index is 12.2. The van der Waals surface area contributed by atoms with Crippen LogP contribution < -0.4 is 15.8 Å². The van der Waals surface area contributed by atoms with Gasteiger partial charge in [0.15, 0.2) is 0 Å². The number of ether oxygens (including phenoxy) is 1. The topological polar surface area (TPSA) is 64.3 Å². The highest BCUT2D eigenvalue weighted by atomic mass is 35.5. The summed E-state index contributed by atoms with van der Waals surface area (Å²) in [6, 6.07) is 14.7. The van der Waals surface area contributed by atoms with E-state index in [1.54, 1.807) is 12.1 Å². The van der Waals surface area contributed by atoms with E-state index in [9.17, 15) is 4.79 Å². The molecule has 130 valence electrons. The van der Waals surface area contributed by atoms with Crippen LogP contribution in [0.2, 0.25) is 0 Å². The summed E-state index contributed by atoms with van der Waals surface area (Å²) in [4.78, 5) is 12.2. The van der Waals surface area contributed by atoms with Crippen LogP contribution in [0.15, 0.2) is 48.5 Å². The Morgan fingerprint density at radius 2 is 1.88 bits per heavy atom. The SMILES string of the molecule is CC(C)CCOc1cccc(NC(=O)c2ccc(CN)cc2)c1.Cl. The second kappa shape index (κ2) is 9.96. The Morgan fingerprint density at radius 3 is 2.50 bits per heavy atom. The number of nitrogens with one attached hydrogen (secondary N) is 1. The van der Waals surface area contributed by atoms with Crippen molar-refractivity contribution in [1.82, 2.24) is 0 Å². The largest absolute Gasteiger partial charge is 0.494 e. The van der Waals surface area contributed by atoms with E-state index in [4.69, 9.17) is 10.5 Å². The van der Waals surface area contributed by atoms with Gasteiger partial charge in [0.1, 0.15) is 5.75 Å². The first-order valence-corrected chi connectivity index (χ1v) is 7.91. The Hall–Kier alpha value is -2.04. The molecule has 0 aliphatic rings. The molecule has 1 amide bonds. The quantitative estimate of drug-likeness (QED) is 0.786. The van der Waals surface area contributed by atoms with Gasteiger partial charge in [-0.25, -0.2) is 0 Å². The molecule has 2 aromatic rings. The Bertz CT molecular complexity index is 642. The summed E-state index contributed by atoms with van der Waals surface area (Å²) in [5.41, 5.74) is 7.89. The highest BCUT2D eigenvalue weighted by Gasteiger charge is 2.07. The summed E-state index contributed by atoms with van der Waals surface area (Å²) in [7, 11) is 0. The van der Waals surface area contributed by atoms with Crippen LogP contribution in [0.25, 0.3) is 0 Å². The average molecular weight is 349 g/mol. The summed E-state index contributed by atoms with van der Waals surface area (Å²) in [5.74, 6) is 1.23. The van der Waals surface area contributed by atoms with Gasteiger partial charge in [-0.05, 0) is 42.2 Å². The predicted molar refractivity (Wildman–Crippen MR) is 101 cm³/mol. The van der Waals surface area contributed by atoms with E-state index in [2.05, 4.69) is 19.2 Å². The minimum Gasteiger partial charge on any atom is -0.494 e. The van der Waals surface area contributed by atoms with Crippen molar-refractivity contribution >= 4 is 24.0 Å². The number of benzene rings is 2. The minimum absolute atomic E-state index is 0. The van der Waals surface area contributed by atoms with E-state index in [0.717, 1.165) is 23.4 Å². The van der Waals surface area contributed by atoms with Crippen molar-refractivity contribution in [2.75, 3.05) is 11.9 Å². The van der Waals surface area contributed by atoms with E-state index < -0.39 is 0 Å². The van der Waals surface area contributed by atoms with Crippen LogP contribution in [-0.4, -0.2) is 12.5 Å². The smallest absolute Gasteiger partial charge is 0.255 e. The fourth-order valence-electron chi connectivity index (χ4n) is 2.07. The van der Waals surface area contributed by atoms with Gasteiger partial charge in [-0.15, -0.1) is 12.4 Å². The van der Waals surface area contributed by atoms with E-state index in [-0.39, 0.29) is 18.3 Å². The zero-order chi connectivity index (χ0) is 16.7. The van der Waals surface area contributed by atoms with Crippen LogP contribution in [0.3, 0.4) is 0 Å². The number of halogens is 1. The first-order chi connectivity index (χ1) is 11.1.